The molecule has 1 aliphatic heterocycles. The van der Waals surface area contributed by atoms with Crippen LogP contribution in [0.2, 0.25) is 0 Å². The number of benzene rings is 1. The molecule has 0 radical (unpaired) electrons. The molecule has 0 bridgehead atoms. The fraction of sp³-hybridized carbons (Fsp3) is 0.735. The quantitative estimate of drug-likeness (QED) is 0.226. The predicted molar refractivity (Wildman–Crippen MR) is 179 cm³/mol. The van der Waals surface area contributed by atoms with Crippen molar-refractivity contribution in [2.75, 3.05) is 19.3 Å². The summed E-state index contributed by atoms with van der Waals surface area (Å²) >= 11 is 0. The van der Waals surface area contributed by atoms with Gasteiger partial charge in [0, 0.05) is 24.9 Å². The Kier molecular flexibility index (Phi) is 12.1. The molecule has 2 unspecified atom stereocenters. The Morgan fingerprint density at radius 3 is 2.09 bits per heavy atom. The molecule has 1 aromatic carbocycles. The van der Waals surface area contributed by atoms with Crippen LogP contribution in [0.15, 0.2) is 30.3 Å². The molecule has 1 aromatic rings. The number of aliphatic hydroxyl groups is 2. The lowest BCUT2D eigenvalue weighted by molar-refractivity contribution is -0.140. The van der Waals surface area contributed by atoms with Gasteiger partial charge in [0.1, 0.15) is 11.6 Å². The van der Waals surface area contributed by atoms with Crippen molar-refractivity contribution in [2.45, 2.75) is 127 Å². The van der Waals surface area contributed by atoms with Crippen LogP contribution in [-0.2, 0) is 30.6 Å². The molecule has 1 saturated carbocycles. The van der Waals surface area contributed by atoms with E-state index in [-0.39, 0.29) is 18.9 Å². The third kappa shape index (κ3) is 9.98. The maximum atomic E-state index is 14.0. The van der Waals surface area contributed by atoms with Crippen LogP contribution in [0.4, 0.5) is 0 Å². The second-order valence-electron chi connectivity index (χ2n) is 15.5. The first-order valence-electron chi connectivity index (χ1n) is 16.4. The molecule has 0 spiro atoms. The number of likely N-dealkylation sites (tertiary alicyclic amines) is 1. The number of aliphatic hydroxyl groups excluding tert-OH is 1. The van der Waals surface area contributed by atoms with Crippen molar-refractivity contribution in [2.24, 2.45) is 11.8 Å². The number of sulfone groups is 1. The maximum absolute atomic E-state index is 14.0. The third-order valence-electron chi connectivity index (χ3n) is 9.56. The minimum absolute atomic E-state index is 0.0864. The highest BCUT2D eigenvalue weighted by Crippen LogP contribution is 2.39. The number of β-amino-alcohol motifs (C(OH)–C–C–N with tert-alkyl or cyclic N) is 1. The highest BCUT2D eigenvalue weighted by atomic mass is 32.2. The van der Waals surface area contributed by atoms with Gasteiger partial charge >= 0.3 is 0 Å². The fourth-order valence-corrected chi connectivity index (χ4v) is 7.08. The summed E-state index contributed by atoms with van der Waals surface area (Å²) in [7, 11) is -3.89. The van der Waals surface area contributed by atoms with Gasteiger partial charge in [0.2, 0.25) is 11.8 Å². The number of rotatable bonds is 12. The Balaban J connectivity index is 1.94. The van der Waals surface area contributed by atoms with Crippen molar-refractivity contribution in [3.63, 3.8) is 0 Å². The molecular weight excluding hydrogens is 608 g/mol. The number of piperidine rings is 1. The molecule has 260 valence electrons. The van der Waals surface area contributed by atoms with Gasteiger partial charge in [0.05, 0.1) is 22.9 Å². The number of nitrogens with one attached hydrogen (secondary N) is 3. The topological polar surface area (TPSA) is 165 Å². The molecule has 46 heavy (non-hydrogen) atoms. The molecule has 12 heteroatoms. The first-order valence-corrected chi connectivity index (χ1v) is 18.3. The predicted octanol–water partition coefficient (Wildman–Crippen LogP) is 1.95. The van der Waals surface area contributed by atoms with E-state index in [1.165, 1.54) is 27.7 Å². The van der Waals surface area contributed by atoms with E-state index in [2.05, 4.69) is 16.0 Å². The number of hydrogen-bond donors (Lipinski definition) is 5. The highest BCUT2D eigenvalue weighted by molar-refractivity contribution is 7.92. The molecule has 1 heterocycles. The molecule has 0 aromatic heterocycles. The molecule has 1 aliphatic carbocycles. The molecule has 3 rings (SSSR count). The summed E-state index contributed by atoms with van der Waals surface area (Å²) in [5, 5.41) is 30.5. The zero-order valence-electron chi connectivity index (χ0n) is 28.8. The van der Waals surface area contributed by atoms with Crippen LogP contribution < -0.4 is 16.0 Å². The van der Waals surface area contributed by atoms with Crippen LogP contribution in [0.1, 0.15) is 86.1 Å². The van der Waals surface area contributed by atoms with Crippen molar-refractivity contribution in [3.8, 4) is 0 Å². The maximum Gasteiger partial charge on any atom is 0.252 e. The van der Waals surface area contributed by atoms with Crippen LogP contribution >= 0.6 is 0 Å². The SMILES string of the molecule is CC(C)(C)NC(=O)[C@@H]1CC2CCCCC2CN1C[C@@H](O)[C@H](Cc1ccccc1)NC(=O)[C@@H](NC(=O)C(C)(C)O)C(C)(C)S(C)(=O)=O. The summed E-state index contributed by atoms with van der Waals surface area (Å²) in [5.41, 5.74) is -1.47. The van der Waals surface area contributed by atoms with E-state index in [0.717, 1.165) is 37.5 Å². The molecule has 5 N–H and O–H groups in total. The van der Waals surface area contributed by atoms with Gasteiger partial charge in [-0.05, 0) is 85.1 Å². The number of carbonyl (C=O) groups is 3. The number of amides is 3. The van der Waals surface area contributed by atoms with Gasteiger partial charge < -0.3 is 26.2 Å². The lowest BCUT2D eigenvalue weighted by Crippen LogP contribution is -2.65. The first kappa shape index (κ1) is 37.9. The summed E-state index contributed by atoms with van der Waals surface area (Å²) in [6.07, 6.45) is 5.20. The van der Waals surface area contributed by atoms with E-state index in [4.69, 9.17) is 0 Å². The standard InChI is InChI=1S/C34H56N4O7S/c1-32(2,3)37-29(40)26-19-23-16-12-13-17-24(23)20-38(26)21-27(39)25(18-22-14-10-9-11-15-22)35-30(41)28(34(6,7)46(8,44)45)36-31(42)33(4,5)43/h9-11,14-15,23-28,39,43H,12-13,16-21H2,1-8H3,(H,35,41)(H,36,42)(H,37,40)/t23?,24?,25-,26-,27+,28+/m0/s1. The normalized spacial score (nSPS) is 23.4. The monoisotopic (exact) mass is 664 g/mol. The Hall–Kier alpha value is -2.54. The van der Waals surface area contributed by atoms with E-state index in [9.17, 15) is 33.0 Å². The molecule has 11 nitrogen and oxygen atoms in total. The van der Waals surface area contributed by atoms with Crippen LogP contribution in [0.25, 0.3) is 0 Å². The van der Waals surface area contributed by atoms with Gasteiger partial charge in [-0.25, -0.2) is 8.42 Å². The van der Waals surface area contributed by atoms with Gasteiger partial charge in [-0.15, -0.1) is 0 Å². The summed E-state index contributed by atoms with van der Waals surface area (Å²) in [4.78, 5) is 42.4. The average Bonchev–Trinajstić information content (AvgIpc) is 2.93. The highest BCUT2D eigenvalue weighted by Gasteiger charge is 2.47. The minimum atomic E-state index is -3.89. The molecule has 2 fully saturated rings. The van der Waals surface area contributed by atoms with Gasteiger partial charge in [-0.1, -0.05) is 49.6 Å². The van der Waals surface area contributed by atoms with Crippen LogP contribution in [0.5, 0.6) is 0 Å². The number of carbonyl (C=O) groups excluding carboxylic acids is 3. The lowest BCUT2D eigenvalue weighted by atomic mass is 9.72. The van der Waals surface area contributed by atoms with Gasteiger partial charge in [0.15, 0.2) is 9.84 Å². The average molecular weight is 665 g/mol. The van der Waals surface area contributed by atoms with E-state index in [1.807, 2.05) is 56.0 Å². The molecular formula is C34H56N4O7S. The van der Waals surface area contributed by atoms with E-state index in [1.54, 1.807) is 0 Å². The van der Waals surface area contributed by atoms with E-state index < -0.39 is 61.8 Å². The smallest absolute Gasteiger partial charge is 0.252 e. The van der Waals surface area contributed by atoms with Gasteiger partial charge in [0.25, 0.3) is 5.91 Å². The Morgan fingerprint density at radius 2 is 1.54 bits per heavy atom. The van der Waals surface area contributed by atoms with Crippen LogP contribution in [0.3, 0.4) is 0 Å². The van der Waals surface area contributed by atoms with Crippen molar-refractivity contribution in [1.29, 1.82) is 0 Å². The van der Waals surface area contributed by atoms with Crippen molar-refractivity contribution in [3.05, 3.63) is 35.9 Å². The fourth-order valence-electron chi connectivity index (χ4n) is 6.49. The van der Waals surface area contributed by atoms with Crippen LogP contribution in [-0.4, -0.2) is 101 Å². The summed E-state index contributed by atoms with van der Waals surface area (Å²) < 4.78 is 23.9. The Bertz CT molecular complexity index is 1320. The lowest BCUT2D eigenvalue weighted by Gasteiger charge is -2.47. The van der Waals surface area contributed by atoms with Crippen molar-refractivity contribution >= 4 is 27.6 Å². The number of nitrogens with zero attached hydrogens (tertiary/aromatic N) is 1. The molecule has 6 atom stereocenters. The molecule has 3 amide bonds. The Labute approximate surface area is 275 Å². The van der Waals surface area contributed by atoms with Gasteiger partial charge in [-0.3, -0.25) is 19.3 Å². The van der Waals surface area contributed by atoms with E-state index >= 15 is 0 Å². The van der Waals surface area contributed by atoms with Crippen molar-refractivity contribution < 1.29 is 33.0 Å². The van der Waals surface area contributed by atoms with Gasteiger partial charge in [-0.2, -0.15) is 0 Å². The van der Waals surface area contributed by atoms with Crippen molar-refractivity contribution in [1.82, 2.24) is 20.9 Å². The summed E-state index contributed by atoms with van der Waals surface area (Å²) in [6.45, 7) is 11.7. The minimum Gasteiger partial charge on any atom is -0.390 e. The largest absolute Gasteiger partial charge is 0.390 e. The summed E-state index contributed by atoms with van der Waals surface area (Å²) in [5.74, 6) is -0.944. The second-order valence-corrected chi connectivity index (χ2v) is 18.1. The molecule has 2 aliphatic rings. The number of hydrogen-bond acceptors (Lipinski definition) is 8. The summed E-state index contributed by atoms with van der Waals surface area (Å²) in [6, 6.07) is 6.39. The van der Waals surface area contributed by atoms with Crippen LogP contribution in [0, 0.1) is 11.8 Å². The Morgan fingerprint density at radius 1 is 0.957 bits per heavy atom. The van der Waals surface area contributed by atoms with E-state index in [0.29, 0.717) is 24.8 Å². The zero-order valence-corrected chi connectivity index (χ0v) is 29.6. The first-order chi connectivity index (χ1) is 21.1. The molecule has 1 saturated heterocycles. The third-order valence-corrected chi connectivity index (χ3v) is 11.7. The second kappa shape index (κ2) is 14.7. The zero-order chi connectivity index (χ0) is 34.7. The number of fused-ring (bicyclic) bond motifs is 1.